The molecular formula is C35H48ClN3O10S. The van der Waals surface area contributed by atoms with Crippen molar-refractivity contribution in [3.05, 3.63) is 46.5 Å². The second kappa shape index (κ2) is 15.9. The first kappa shape index (κ1) is 39.5. The zero-order valence-corrected chi connectivity index (χ0v) is 31.4. The maximum Gasteiger partial charge on any atom is 0.409 e. The van der Waals surface area contributed by atoms with Crippen LogP contribution in [0.5, 0.6) is 5.75 Å². The summed E-state index contributed by atoms with van der Waals surface area (Å²) in [4.78, 5) is 55.6. The van der Waals surface area contributed by atoms with Gasteiger partial charge < -0.3 is 38.6 Å². The number of allylic oxidation sites excluding steroid dienone is 3. The number of methoxy groups -OCH3 is 2. The van der Waals surface area contributed by atoms with E-state index in [1.165, 1.54) is 38.0 Å². The Morgan fingerprint density at radius 1 is 1.28 bits per heavy atom. The van der Waals surface area contributed by atoms with Crippen molar-refractivity contribution in [2.75, 3.05) is 39.0 Å². The van der Waals surface area contributed by atoms with Crippen LogP contribution in [0.4, 0.5) is 10.5 Å². The van der Waals surface area contributed by atoms with Gasteiger partial charge in [-0.25, -0.2) is 9.59 Å². The fourth-order valence-electron chi connectivity index (χ4n) is 6.49. The van der Waals surface area contributed by atoms with E-state index in [0.717, 1.165) is 11.1 Å². The number of rotatable bonds is 7. The van der Waals surface area contributed by atoms with E-state index in [4.69, 9.17) is 35.3 Å². The van der Waals surface area contributed by atoms with Crippen molar-refractivity contribution < 1.29 is 48.0 Å². The number of halogens is 1. The van der Waals surface area contributed by atoms with E-state index in [2.05, 4.69) is 17.9 Å². The minimum Gasteiger partial charge on any atom is -0.495 e. The normalized spacial score (nSPS) is 30.7. The fourth-order valence-corrected chi connectivity index (χ4v) is 6.99. The third kappa shape index (κ3) is 8.42. The average molecular weight is 738 g/mol. The number of likely N-dealkylation sites (N-methyl/N-ethyl adjacent to an activating group) is 1. The van der Waals surface area contributed by atoms with Crippen molar-refractivity contribution in [2.24, 2.45) is 5.92 Å². The first-order valence-electron chi connectivity index (χ1n) is 16.4. The summed E-state index contributed by atoms with van der Waals surface area (Å²) in [5, 5.41) is 14.4. The van der Waals surface area contributed by atoms with Gasteiger partial charge in [-0.1, -0.05) is 42.3 Å². The van der Waals surface area contributed by atoms with Crippen LogP contribution in [0.15, 0.2) is 35.9 Å². The molecule has 2 saturated heterocycles. The van der Waals surface area contributed by atoms with Crippen molar-refractivity contribution in [1.82, 2.24) is 10.2 Å². The molecule has 4 bridgehead atoms. The molecule has 276 valence electrons. The molecule has 1 aromatic rings. The second-order valence-corrected chi connectivity index (χ2v) is 14.2. The molecule has 3 aliphatic heterocycles. The Morgan fingerprint density at radius 3 is 2.62 bits per heavy atom. The van der Waals surface area contributed by atoms with Crippen molar-refractivity contribution >= 4 is 53.8 Å². The standard InChI is InChI=1S/C35H48ClN3O10S/c1-19-10-9-11-26(46-8)35(44)18-25(47-33(43)37-35)20(2)31-34(4,49-31)27(48-32(42)21(3)38(5)28(40)12-13-50)17-29(41)39(6)23-15-22(14-19)16-24(45-7)30(23)36/h9-11,15-16,20-21,25-27,31,44,50H,12-14,17-18H2,1-8H3,(H,37,43)/t20-,21-,25+,26-,27-,31+,34-,35-/m0/s1. The van der Waals surface area contributed by atoms with E-state index in [0.29, 0.717) is 23.6 Å². The summed E-state index contributed by atoms with van der Waals surface area (Å²) in [5.41, 5.74) is -0.903. The molecule has 3 aliphatic rings. The van der Waals surface area contributed by atoms with Gasteiger partial charge in [0.2, 0.25) is 11.8 Å². The molecule has 0 unspecified atom stereocenters. The van der Waals surface area contributed by atoms with Gasteiger partial charge in [-0.15, -0.1) is 0 Å². The van der Waals surface area contributed by atoms with Crippen LogP contribution in [-0.4, -0.2) is 110 Å². The number of thiol groups is 1. The Hall–Kier alpha value is -3.30. The Bertz CT molecular complexity index is 1540. The number of fused-ring (bicyclic) bond motifs is 5. The number of anilines is 1. The SMILES string of the molecule is COc1cc2cc(c1Cl)N(C)C(=O)C[C@H](OC(=O)[C@H](C)N(C)C(=O)CCS)[C@]1(C)O[C@@H]1[C@@H](C)[C@H]1C[C@@](O)(NC(=O)O1)[C@@H](OC)C=CC=C(C)C2. The fraction of sp³-hybridized carbons (Fsp3) is 0.600. The molecule has 0 saturated carbocycles. The summed E-state index contributed by atoms with van der Waals surface area (Å²) in [6, 6.07) is 2.60. The Morgan fingerprint density at radius 2 is 1.98 bits per heavy atom. The van der Waals surface area contributed by atoms with E-state index in [-0.39, 0.29) is 30.2 Å². The van der Waals surface area contributed by atoms with E-state index in [1.807, 2.05) is 13.0 Å². The molecular weight excluding hydrogens is 690 g/mol. The number of amides is 3. The maximum atomic E-state index is 14.0. The summed E-state index contributed by atoms with van der Waals surface area (Å²) >= 11 is 10.8. The van der Waals surface area contributed by atoms with Crippen LogP contribution in [0.3, 0.4) is 0 Å². The molecule has 15 heteroatoms. The van der Waals surface area contributed by atoms with Crippen LogP contribution in [0.2, 0.25) is 5.02 Å². The summed E-state index contributed by atoms with van der Waals surface area (Å²) in [7, 11) is 5.98. The monoisotopic (exact) mass is 737 g/mol. The molecule has 50 heavy (non-hydrogen) atoms. The summed E-state index contributed by atoms with van der Waals surface area (Å²) in [6.45, 7) is 6.96. The molecule has 2 fully saturated rings. The topological polar surface area (TPSA) is 156 Å². The van der Waals surface area contributed by atoms with E-state index < -0.39 is 65.7 Å². The van der Waals surface area contributed by atoms with Gasteiger partial charge >= 0.3 is 12.1 Å². The van der Waals surface area contributed by atoms with Crippen LogP contribution in [-0.2, 0) is 39.8 Å². The van der Waals surface area contributed by atoms with Crippen LogP contribution in [0, 0.1) is 5.92 Å². The number of hydrogen-bond donors (Lipinski definition) is 3. The lowest BCUT2D eigenvalue weighted by Gasteiger charge is -2.42. The smallest absolute Gasteiger partial charge is 0.409 e. The van der Waals surface area contributed by atoms with Gasteiger partial charge in [-0.3, -0.25) is 14.9 Å². The number of esters is 1. The van der Waals surface area contributed by atoms with E-state index in [9.17, 15) is 24.3 Å². The largest absolute Gasteiger partial charge is 0.495 e. The zero-order chi connectivity index (χ0) is 37.1. The van der Waals surface area contributed by atoms with Crippen molar-refractivity contribution in [3.63, 3.8) is 0 Å². The minimum absolute atomic E-state index is 0.0489. The lowest BCUT2D eigenvalue weighted by Crippen LogP contribution is -2.63. The lowest BCUT2D eigenvalue weighted by molar-refractivity contribution is -0.161. The Balaban J connectivity index is 1.78. The van der Waals surface area contributed by atoms with Crippen LogP contribution < -0.4 is 15.0 Å². The highest BCUT2D eigenvalue weighted by molar-refractivity contribution is 7.80. The predicted molar refractivity (Wildman–Crippen MR) is 189 cm³/mol. The van der Waals surface area contributed by atoms with Gasteiger partial charge in [0, 0.05) is 40.0 Å². The highest BCUT2D eigenvalue weighted by Gasteiger charge is 2.64. The van der Waals surface area contributed by atoms with Crippen molar-refractivity contribution in [1.29, 1.82) is 0 Å². The molecule has 0 radical (unpaired) electrons. The molecule has 1 aromatic carbocycles. The van der Waals surface area contributed by atoms with Gasteiger partial charge in [0.1, 0.15) is 40.7 Å². The maximum absolute atomic E-state index is 14.0. The quantitative estimate of drug-likeness (QED) is 0.214. The van der Waals surface area contributed by atoms with Gasteiger partial charge in [0.05, 0.1) is 25.3 Å². The molecule has 0 aromatic heterocycles. The molecule has 2 N–H and O–H groups in total. The molecule has 0 spiro atoms. The van der Waals surface area contributed by atoms with Crippen LogP contribution in [0.1, 0.15) is 52.5 Å². The molecule has 4 rings (SSSR count). The molecule has 0 aliphatic carbocycles. The summed E-state index contributed by atoms with van der Waals surface area (Å²) in [6.07, 6.45) is 1.08. The number of ether oxygens (including phenoxy) is 5. The van der Waals surface area contributed by atoms with Crippen molar-refractivity contribution in [2.45, 2.75) is 95.2 Å². The third-order valence-corrected chi connectivity index (χ3v) is 10.5. The molecule has 3 amide bonds. The highest BCUT2D eigenvalue weighted by Crippen LogP contribution is 2.49. The zero-order valence-electron chi connectivity index (χ0n) is 29.7. The lowest BCUT2D eigenvalue weighted by atomic mass is 9.83. The van der Waals surface area contributed by atoms with Crippen LogP contribution >= 0.6 is 24.2 Å². The number of benzene rings is 1. The number of nitrogens with zero attached hydrogens (tertiary/aromatic N) is 2. The molecule has 8 atom stereocenters. The first-order chi connectivity index (χ1) is 23.5. The van der Waals surface area contributed by atoms with Crippen molar-refractivity contribution in [3.8, 4) is 5.75 Å². The Kier molecular flexibility index (Phi) is 12.6. The van der Waals surface area contributed by atoms with Crippen LogP contribution in [0.25, 0.3) is 0 Å². The number of carbonyl (C=O) groups is 4. The van der Waals surface area contributed by atoms with E-state index in [1.54, 1.807) is 45.2 Å². The Labute approximate surface area is 303 Å². The second-order valence-electron chi connectivity index (χ2n) is 13.4. The summed E-state index contributed by atoms with van der Waals surface area (Å²) in [5.74, 6) is -1.30. The third-order valence-electron chi connectivity index (χ3n) is 9.85. The number of alkyl carbamates (subject to hydrolysis) is 1. The average Bonchev–Trinajstić information content (AvgIpc) is 3.76. The number of hydrogen-bond acceptors (Lipinski definition) is 11. The summed E-state index contributed by atoms with van der Waals surface area (Å²) < 4.78 is 29.0. The minimum atomic E-state index is -1.82. The highest BCUT2D eigenvalue weighted by atomic mass is 35.5. The van der Waals surface area contributed by atoms with E-state index >= 15 is 0 Å². The predicted octanol–water partition coefficient (Wildman–Crippen LogP) is 3.83. The first-order valence-corrected chi connectivity index (χ1v) is 17.5. The number of epoxide rings is 1. The number of carbonyl (C=O) groups excluding carboxylic acids is 4. The van der Waals surface area contributed by atoms with Gasteiger partial charge in [-0.2, -0.15) is 12.6 Å². The molecule has 3 heterocycles. The number of nitrogens with one attached hydrogen (secondary N) is 1. The molecule has 13 nitrogen and oxygen atoms in total. The number of aliphatic hydroxyl groups is 1. The van der Waals surface area contributed by atoms with Gasteiger partial charge in [-0.05, 0) is 50.6 Å². The van der Waals surface area contributed by atoms with Gasteiger partial charge in [0.15, 0.2) is 5.72 Å². The van der Waals surface area contributed by atoms with Gasteiger partial charge in [0.25, 0.3) is 0 Å².